The molecule has 2 atom stereocenters. The molecule has 128 valence electrons. The van der Waals surface area contributed by atoms with Crippen LogP contribution in [0.5, 0.6) is 5.75 Å². The fraction of sp³-hybridized carbons (Fsp3) is 0.235. The molecule has 0 aromatic heterocycles. The van der Waals surface area contributed by atoms with Gasteiger partial charge in [0.1, 0.15) is 5.75 Å². The molecule has 2 amide bonds. The normalized spacial score (nSPS) is 24.2. The van der Waals surface area contributed by atoms with Gasteiger partial charge in [0.2, 0.25) is 0 Å². The van der Waals surface area contributed by atoms with E-state index in [0.29, 0.717) is 28.4 Å². The first-order valence-electron chi connectivity index (χ1n) is 7.71. The van der Waals surface area contributed by atoms with E-state index in [4.69, 9.17) is 16.3 Å². The second-order valence-electron chi connectivity index (χ2n) is 6.27. The first-order chi connectivity index (χ1) is 11.9. The number of fused-ring (bicyclic) bond motifs is 4. The Bertz CT molecular complexity index is 886. The minimum absolute atomic E-state index is 0.0275. The topological polar surface area (TPSA) is 84.7 Å². The molecule has 2 aliphatic heterocycles. The van der Waals surface area contributed by atoms with Gasteiger partial charge in [-0.1, -0.05) is 11.6 Å². The third-order valence-electron chi connectivity index (χ3n) is 4.55. The predicted octanol–water partition coefficient (Wildman–Crippen LogP) is 4.02. The Labute approximate surface area is 148 Å². The van der Waals surface area contributed by atoms with Crippen LogP contribution in [0.2, 0.25) is 5.02 Å². The Kier molecular flexibility index (Phi) is 3.36. The van der Waals surface area contributed by atoms with Crippen molar-refractivity contribution in [2.45, 2.75) is 25.1 Å². The largest absolute Gasteiger partial charge is 0.467 e. The lowest BCUT2D eigenvalue weighted by molar-refractivity contribution is -0.385. The van der Waals surface area contributed by atoms with Gasteiger partial charge in [0.25, 0.3) is 5.69 Å². The summed E-state index contributed by atoms with van der Waals surface area (Å²) in [6.45, 7) is 1.83. The molecule has 4 rings (SSSR count). The van der Waals surface area contributed by atoms with E-state index < -0.39 is 10.6 Å². The van der Waals surface area contributed by atoms with Gasteiger partial charge < -0.3 is 10.1 Å². The first kappa shape index (κ1) is 15.7. The summed E-state index contributed by atoms with van der Waals surface area (Å²) in [4.78, 5) is 24.8. The van der Waals surface area contributed by atoms with Gasteiger partial charge >= 0.3 is 6.03 Å². The smallest absolute Gasteiger partial charge is 0.325 e. The second kappa shape index (κ2) is 5.35. The van der Waals surface area contributed by atoms with E-state index in [0.717, 1.165) is 0 Å². The number of hydrogen-bond donors (Lipinski definition) is 1. The fourth-order valence-electron chi connectivity index (χ4n) is 3.46. The summed E-state index contributed by atoms with van der Waals surface area (Å²) in [5.74, 6) is 0.531. The molecule has 1 saturated heterocycles. The van der Waals surface area contributed by atoms with Gasteiger partial charge in [-0.2, -0.15) is 0 Å². The number of rotatable bonds is 2. The maximum atomic E-state index is 12.7. The Morgan fingerprint density at radius 3 is 2.72 bits per heavy atom. The number of anilines is 1. The van der Waals surface area contributed by atoms with Crippen LogP contribution in [-0.2, 0) is 0 Å². The molecule has 2 aromatic carbocycles. The van der Waals surface area contributed by atoms with E-state index in [1.807, 2.05) is 6.92 Å². The minimum Gasteiger partial charge on any atom is -0.467 e. The third-order valence-corrected chi connectivity index (χ3v) is 4.80. The zero-order valence-electron chi connectivity index (χ0n) is 13.2. The number of nitro benzene ring substituents is 1. The summed E-state index contributed by atoms with van der Waals surface area (Å²) in [5.41, 5.74) is 0.355. The number of amides is 2. The van der Waals surface area contributed by atoms with Crippen LogP contribution in [0, 0.1) is 10.1 Å². The number of halogens is 1. The number of carbonyl (C=O) groups is 1. The van der Waals surface area contributed by atoms with E-state index >= 15 is 0 Å². The zero-order valence-corrected chi connectivity index (χ0v) is 14.0. The van der Waals surface area contributed by atoms with Crippen LogP contribution in [0.3, 0.4) is 0 Å². The number of nitrogens with one attached hydrogen (secondary N) is 1. The summed E-state index contributed by atoms with van der Waals surface area (Å²) < 4.78 is 6.10. The van der Waals surface area contributed by atoms with Crippen LogP contribution in [0.25, 0.3) is 0 Å². The molecule has 1 N–H and O–H groups in total. The molecule has 2 aliphatic rings. The molecule has 2 unspecified atom stereocenters. The summed E-state index contributed by atoms with van der Waals surface area (Å²) in [6, 6.07) is 10.7. The van der Waals surface area contributed by atoms with Gasteiger partial charge in [0.15, 0.2) is 5.72 Å². The van der Waals surface area contributed by atoms with Gasteiger partial charge in [0, 0.05) is 34.8 Å². The minimum atomic E-state index is -0.899. The molecular formula is C17H14ClN3O4. The highest BCUT2D eigenvalue weighted by Gasteiger charge is 2.50. The van der Waals surface area contributed by atoms with Crippen LogP contribution < -0.4 is 15.0 Å². The lowest BCUT2D eigenvalue weighted by Gasteiger charge is -2.50. The predicted molar refractivity (Wildman–Crippen MR) is 92.0 cm³/mol. The summed E-state index contributed by atoms with van der Waals surface area (Å²) in [6.07, 6.45) is 0.468. The number of nitro groups is 1. The van der Waals surface area contributed by atoms with Crippen molar-refractivity contribution in [3.8, 4) is 5.75 Å². The molecule has 8 heteroatoms. The van der Waals surface area contributed by atoms with Crippen LogP contribution in [0.4, 0.5) is 16.2 Å². The maximum absolute atomic E-state index is 12.7. The first-order valence-corrected chi connectivity index (χ1v) is 8.09. The molecule has 25 heavy (non-hydrogen) atoms. The number of non-ortho nitro benzene ring substituents is 1. The van der Waals surface area contributed by atoms with Crippen molar-refractivity contribution in [2.75, 3.05) is 4.90 Å². The number of carbonyl (C=O) groups excluding carboxylic acids is 1. The second-order valence-corrected chi connectivity index (χ2v) is 6.71. The molecule has 0 aliphatic carbocycles. The van der Waals surface area contributed by atoms with Crippen LogP contribution in [-0.4, -0.2) is 16.7 Å². The summed E-state index contributed by atoms with van der Waals surface area (Å²) in [7, 11) is 0. The summed E-state index contributed by atoms with van der Waals surface area (Å²) >= 11 is 5.93. The van der Waals surface area contributed by atoms with Crippen molar-refractivity contribution in [3.05, 3.63) is 63.2 Å². The standard InChI is InChI=1S/C17H14ClN3O4/c1-17-9-14(13-8-12(21(23)24)6-7-15(13)25-17)19-16(22)20(17)11-4-2-10(18)3-5-11/h2-8,14H,9H2,1H3,(H,19,22). The van der Waals surface area contributed by atoms with E-state index in [1.54, 1.807) is 35.2 Å². The fourth-order valence-corrected chi connectivity index (χ4v) is 3.58. The molecule has 0 saturated carbocycles. The van der Waals surface area contributed by atoms with Crippen molar-refractivity contribution < 1.29 is 14.5 Å². The lowest BCUT2D eigenvalue weighted by atomic mass is 9.90. The third kappa shape index (κ3) is 2.47. The van der Waals surface area contributed by atoms with Gasteiger partial charge in [-0.3, -0.25) is 15.0 Å². The van der Waals surface area contributed by atoms with Crippen molar-refractivity contribution in [2.24, 2.45) is 0 Å². The van der Waals surface area contributed by atoms with E-state index in [-0.39, 0.29) is 17.8 Å². The molecule has 0 radical (unpaired) electrons. The van der Waals surface area contributed by atoms with Gasteiger partial charge in [-0.15, -0.1) is 0 Å². The van der Waals surface area contributed by atoms with Gasteiger partial charge in [0.05, 0.1) is 11.0 Å². The Hall–Kier alpha value is -2.80. The summed E-state index contributed by atoms with van der Waals surface area (Å²) in [5, 5.41) is 14.5. The Morgan fingerprint density at radius 1 is 1.32 bits per heavy atom. The average Bonchev–Trinajstić information content (AvgIpc) is 2.55. The quantitative estimate of drug-likeness (QED) is 0.648. The number of nitrogens with zero attached hydrogens (tertiary/aromatic N) is 2. The number of hydrogen-bond acceptors (Lipinski definition) is 4. The molecule has 2 aromatic rings. The number of urea groups is 1. The van der Waals surface area contributed by atoms with Crippen molar-refractivity contribution in [1.82, 2.24) is 5.32 Å². The SMILES string of the molecule is CC12CC(NC(=O)N1c1ccc(Cl)cc1)c1cc([N+](=O)[O-])ccc1O2. The van der Waals surface area contributed by atoms with Crippen molar-refractivity contribution in [3.63, 3.8) is 0 Å². The van der Waals surface area contributed by atoms with Crippen LogP contribution >= 0.6 is 11.6 Å². The highest BCUT2D eigenvalue weighted by atomic mass is 35.5. The lowest BCUT2D eigenvalue weighted by Crippen LogP contribution is -2.65. The Morgan fingerprint density at radius 2 is 2.04 bits per heavy atom. The molecular weight excluding hydrogens is 346 g/mol. The maximum Gasteiger partial charge on any atom is 0.325 e. The highest BCUT2D eigenvalue weighted by molar-refractivity contribution is 6.30. The van der Waals surface area contributed by atoms with Crippen LogP contribution in [0.1, 0.15) is 24.9 Å². The monoisotopic (exact) mass is 359 g/mol. The van der Waals surface area contributed by atoms with E-state index in [1.165, 1.54) is 12.1 Å². The molecule has 7 nitrogen and oxygen atoms in total. The molecule has 2 bridgehead atoms. The molecule has 1 fully saturated rings. The Balaban J connectivity index is 1.77. The van der Waals surface area contributed by atoms with Crippen molar-refractivity contribution >= 4 is 29.0 Å². The average molecular weight is 360 g/mol. The zero-order chi connectivity index (χ0) is 17.8. The van der Waals surface area contributed by atoms with Crippen LogP contribution in [0.15, 0.2) is 42.5 Å². The van der Waals surface area contributed by atoms with Crippen molar-refractivity contribution in [1.29, 1.82) is 0 Å². The van der Waals surface area contributed by atoms with Gasteiger partial charge in [-0.05, 0) is 37.3 Å². The van der Waals surface area contributed by atoms with E-state index in [2.05, 4.69) is 5.32 Å². The van der Waals surface area contributed by atoms with E-state index in [9.17, 15) is 14.9 Å². The molecule has 2 heterocycles. The molecule has 0 spiro atoms. The number of benzene rings is 2. The number of ether oxygens (including phenoxy) is 1. The van der Waals surface area contributed by atoms with Gasteiger partial charge in [-0.25, -0.2) is 4.79 Å². The highest BCUT2D eigenvalue weighted by Crippen LogP contribution is 2.46.